The molecule has 0 saturated carbocycles. The van der Waals surface area contributed by atoms with Crippen LogP contribution < -0.4 is 21.0 Å². The number of carbonyl (C=O) groups excluding carboxylic acids is 3. The number of nitrogens with zero attached hydrogens (tertiary/aromatic N) is 1. The second kappa shape index (κ2) is 11.2. The fraction of sp³-hybridized carbons (Fsp3) is 0.250. The SMILES string of the molecule is CNCc1ccc(-c2ccc3c(c2)C(NC(=O)c2ccc(C(=O)NOC)c(O)c2)CCN3C(C)=O)cc1. The van der Waals surface area contributed by atoms with Crippen LogP contribution in [0.25, 0.3) is 11.1 Å². The third kappa shape index (κ3) is 5.63. The number of aromatic hydroxyl groups is 1. The molecule has 3 aromatic carbocycles. The lowest BCUT2D eigenvalue weighted by Gasteiger charge is -2.34. The molecule has 0 radical (unpaired) electrons. The van der Waals surface area contributed by atoms with Crippen molar-refractivity contribution in [3.05, 3.63) is 82.9 Å². The van der Waals surface area contributed by atoms with E-state index in [9.17, 15) is 19.5 Å². The van der Waals surface area contributed by atoms with Crippen molar-refractivity contribution < 1.29 is 24.3 Å². The summed E-state index contributed by atoms with van der Waals surface area (Å²) >= 11 is 0. The van der Waals surface area contributed by atoms with Crippen LogP contribution in [0.3, 0.4) is 0 Å². The van der Waals surface area contributed by atoms with Crippen LogP contribution >= 0.6 is 0 Å². The van der Waals surface area contributed by atoms with E-state index < -0.39 is 11.8 Å². The molecular formula is C28H30N4O5. The van der Waals surface area contributed by atoms with E-state index >= 15 is 0 Å². The van der Waals surface area contributed by atoms with Gasteiger partial charge >= 0.3 is 0 Å². The normalized spacial score (nSPS) is 14.6. The minimum Gasteiger partial charge on any atom is -0.507 e. The topological polar surface area (TPSA) is 120 Å². The molecule has 1 atom stereocenters. The zero-order chi connectivity index (χ0) is 26.5. The van der Waals surface area contributed by atoms with E-state index in [1.807, 2.05) is 25.2 Å². The molecule has 0 fully saturated rings. The zero-order valence-electron chi connectivity index (χ0n) is 21.0. The number of carbonyl (C=O) groups is 3. The van der Waals surface area contributed by atoms with Gasteiger partial charge in [0.05, 0.1) is 18.7 Å². The first kappa shape index (κ1) is 25.9. The molecule has 1 heterocycles. The number of fused-ring (bicyclic) bond motifs is 1. The van der Waals surface area contributed by atoms with Crippen LogP contribution in [0.2, 0.25) is 0 Å². The first-order chi connectivity index (χ1) is 17.8. The van der Waals surface area contributed by atoms with Gasteiger partial charge in [0.15, 0.2) is 0 Å². The highest BCUT2D eigenvalue weighted by Gasteiger charge is 2.29. The van der Waals surface area contributed by atoms with Crippen molar-refractivity contribution >= 4 is 23.4 Å². The Morgan fingerprint density at radius 2 is 1.73 bits per heavy atom. The van der Waals surface area contributed by atoms with Gasteiger partial charge in [-0.15, -0.1) is 0 Å². The summed E-state index contributed by atoms with van der Waals surface area (Å²) in [5.41, 5.74) is 7.11. The Kier molecular flexibility index (Phi) is 7.86. The molecular weight excluding hydrogens is 472 g/mol. The fourth-order valence-electron chi connectivity index (χ4n) is 4.54. The van der Waals surface area contributed by atoms with Crippen LogP contribution in [0.15, 0.2) is 60.7 Å². The van der Waals surface area contributed by atoms with Gasteiger partial charge < -0.3 is 20.6 Å². The molecule has 0 aliphatic carbocycles. The van der Waals surface area contributed by atoms with Crippen LogP contribution in [0.5, 0.6) is 5.75 Å². The lowest BCUT2D eigenvalue weighted by molar-refractivity contribution is -0.116. The molecule has 0 saturated heterocycles. The van der Waals surface area contributed by atoms with Crippen molar-refractivity contribution in [1.82, 2.24) is 16.1 Å². The Labute approximate surface area is 215 Å². The largest absolute Gasteiger partial charge is 0.507 e. The monoisotopic (exact) mass is 502 g/mol. The summed E-state index contributed by atoms with van der Waals surface area (Å²) in [5, 5.41) is 16.4. The predicted octanol–water partition coefficient (Wildman–Crippen LogP) is 3.30. The van der Waals surface area contributed by atoms with Gasteiger partial charge in [-0.3, -0.25) is 19.2 Å². The van der Waals surface area contributed by atoms with Gasteiger partial charge in [0.2, 0.25) is 5.91 Å². The first-order valence-electron chi connectivity index (χ1n) is 12.0. The van der Waals surface area contributed by atoms with Crippen LogP contribution in [-0.2, 0) is 16.2 Å². The molecule has 9 heteroatoms. The Bertz CT molecular complexity index is 1320. The summed E-state index contributed by atoms with van der Waals surface area (Å²) in [6, 6.07) is 17.9. The van der Waals surface area contributed by atoms with E-state index in [1.54, 1.807) is 4.90 Å². The van der Waals surface area contributed by atoms with Gasteiger partial charge in [0.1, 0.15) is 5.75 Å². The van der Waals surface area contributed by atoms with E-state index in [4.69, 9.17) is 0 Å². The molecule has 0 bridgehead atoms. The van der Waals surface area contributed by atoms with E-state index in [1.165, 1.54) is 37.8 Å². The minimum absolute atomic E-state index is 0.0103. The average molecular weight is 503 g/mol. The molecule has 1 aliphatic heterocycles. The van der Waals surface area contributed by atoms with Gasteiger partial charge in [0.25, 0.3) is 11.8 Å². The zero-order valence-corrected chi connectivity index (χ0v) is 21.0. The van der Waals surface area contributed by atoms with E-state index in [0.29, 0.717) is 13.0 Å². The molecule has 37 heavy (non-hydrogen) atoms. The summed E-state index contributed by atoms with van der Waals surface area (Å²) in [4.78, 5) is 43.7. The number of phenols is 1. The predicted molar refractivity (Wildman–Crippen MR) is 140 cm³/mol. The molecule has 1 aliphatic rings. The maximum absolute atomic E-state index is 13.1. The second-order valence-electron chi connectivity index (χ2n) is 8.85. The highest BCUT2D eigenvalue weighted by atomic mass is 16.6. The number of benzene rings is 3. The number of hydrogen-bond acceptors (Lipinski definition) is 6. The molecule has 0 spiro atoms. The number of hydrogen-bond donors (Lipinski definition) is 4. The highest BCUT2D eigenvalue weighted by Crippen LogP contribution is 2.37. The summed E-state index contributed by atoms with van der Waals surface area (Å²) in [5.74, 6) is -1.42. The second-order valence-corrected chi connectivity index (χ2v) is 8.85. The molecule has 4 rings (SSSR count). The molecule has 9 nitrogen and oxygen atoms in total. The van der Waals surface area contributed by atoms with Crippen LogP contribution in [-0.4, -0.2) is 43.5 Å². The molecule has 1 unspecified atom stereocenters. The van der Waals surface area contributed by atoms with Crippen molar-refractivity contribution in [2.75, 3.05) is 25.6 Å². The van der Waals surface area contributed by atoms with Crippen LogP contribution in [0.1, 0.15) is 51.2 Å². The Hall–Kier alpha value is -4.21. The lowest BCUT2D eigenvalue weighted by Crippen LogP contribution is -2.40. The number of anilines is 1. The van der Waals surface area contributed by atoms with Crippen LogP contribution in [0.4, 0.5) is 5.69 Å². The van der Waals surface area contributed by atoms with Gasteiger partial charge in [0, 0.05) is 31.3 Å². The van der Waals surface area contributed by atoms with Crippen molar-refractivity contribution in [2.45, 2.75) is 25.9 Å². The standard InChI is InChI=1S/C28H30N4O5/c1-17(33)32-13-12-24(30-27(35)21-8-10-22(26(34)15-21)28(36)31-37-3)23-14-20(9-11-25(23)32)19-6-4-18(5-7-19)16-29-2/h4-11,14-15,24,29,34H,12-13,16H2,1-3H3,(H,30,35)(H,31,36). The Morgan fingerprint density at radius 1 is 1.00 bits per heavy atom. The van der Waals surface area contributed by atoms with E-state index in [0.717, 1.165) is 28.9 Å². The summed E-state index contributed by atoms with van der Waals surface area (Å²) < 4.78 is 0. The number of phenolic OH excluding ortho intramolecular Hbond substituents is 1. The Morgan fingerprint density at radius 3 is 2.38 bits per heavy atom. The molecule has 3 amide bonds. The van der Waals surface area contributed by atoms with Crippen molar-refractivity contribution in [2.24, 2.45) is 0 Å². The summed E-state index contributed by atoms with van der Waals surface area (Å²) in [6.45, 7) is 2.77. The lowest BCUT2D eigenvalue weighted by atomic mass is 9.92. The van der Waals surface area contributed by atoms with Crippen molar-refractivity contribution in [1.29, 1.82) is 0 Å². The van der Waals surface area contributed by atoms with Crippen molar-refractivity contribution in [3.63, 3.8) is 0 Å². The molecule has 192 valence electrons. The van der Waals surface area contributed by atoms with Crippen molar-refractivity contribution in [3.8, 4) is 16.9 Å². The Balaban J connectivity index is 1.62. The minimum atomic E-state index is -0.621. The third-order valence-electron chi connectivity index (χ3n) is 6.39. The number of nitrogens with one attached hydrogen (secondary N) is 3. The number of hydroxylamine groups is 1. The molecule has 3 aromatic rings. The summed E-state index contributed by atoms with van der Waals surface area (Å²) in [7, 11) is 3.19. The maximum atomic E-state index is 13.1. The highest BCUT2D eigenvalue weighted by molar-refractivity contribution is 6.00. The van der Waals surface area contributed by atoms with E-state index in [2.05, 4.69) is 45.2 Å². The average Bonchev–Trinajstić information content (AvgIpc) is 2.89. The smallest absolute Gasteiger partial charge is 0.278 e. The fourth-order valence-corrected chi connectivity index (χ4v) is 4.54. The van der Waals surface area contributed by atoms with Crippen LogP contribution in [0, 0.1) is 0 Å². The van der Waals surface area contributed by atoms with Gasteiger partial charge in [-0.1, -0.05) is 30.3 Å². The van der Waals surface area contributed by atoms with Gasteiger partial charge in [-0.2, -0.15) is 0 Å². The maximum Gasteiger partial charge on any atom is 0.278 e. The first-order valence-corrected chi connectivity index (χ1v) is 12.0. The number of rotatable bonds is 7. The van der Waals surface area contributed by atoms with E-state index in [-0.39, 0.29) is 28.8 Å². The third-order valence-corrected chi connectivity index (χ3v) is 6.39. The quantitative estimate of drug-likeness (QED) is 0.368. The molecule has 4 N–H and O–H groups in total. The number of amides is 3. The molecule has 0 aromatic heterocycles. The summed E-state index contributed by atoms with van der Waals surface area (Å²) in [6.07, 6.45) is 0.531. The van der Waals surface area contributed by atoms with Gasteiger partial charge in [-0.05, 0) is 66.1 Å². The van der Waals surface area contributed by atoms with Gasteiger partial charge in [-0.25, -0.2) is 5.48 Å².